The monoisotopic (exact) mass is 167 g/mol. The number of hydrogen-bond acceptors (Lipinski definition) is 1. The zero-order valence-corrected chi connectivity index (χ0v) is 7.69. The quantitative estimate of drug-likeness (QED) is 0.591. The molecule has 0 unspecified atom stereocenters. The lowest BCUT2D eigenvalue weighted by Crippen LogP contribution is -2.16. The number of nitrogens with two attached hydrogens (primary N) is 1. The summed E-state index contributed by atoms with van der Waals surface area (Å²) < 4.78 is 13.3. The van der Waals surface area contributed by atoms with Gasteiger partial charge in [-0.25, -0.2) is 4.39 Å². The highest BCUT2D eigenvalue weighted by Gasteiger charge is 2.20. The Hall–Kier alpha value is -1.05. The molecule has 0 aliphatic rings. The third kappa shape index (κ3) is 1.58. The van der Waals surface area contributed by atoms with E-state index in [1.165, 1.54) is 6.07 Å². The van der Waals surface area contributed by atoms with Crippen molar-refractivity contribution in [2.75, 3.05) is 5.73 Å². The van der Waals surface area contributed by atoms with E-state index < -0.39 is 0 Å². The maximum absolute atomic E-state index is 13.3. The van der Waals surface area contributed by atoms with Crippen LogP contribution < -0.4 is 5.73 Å². The van der Waals surface area contributed by atoms with Gasteiger partial charge in [0.15, 0.2) is 0 Å². The Morgan fingerprint density at radius 3 is 2.17 bits per heavy atom. The van der Waals surface area contributed by atoms with Crippen molar-refractivity contribution in [1.29, 1.82) is 0 Å². The van der Waals surface area contributed by atoms with Crippen LogP contribution in [0.2, 0.25) is 0 Å². The van der Waals surface area contributed by atoms with Crippen LogP contribution in [0.25, 0.3) is 0 Å². The molecule has 0 bridgehead atoms. The molecule has 0 atom stereocenters. The van der Waals surface area contributed by atoms with Gasteiger partial charge in [-0.15, -0.1) is 0 Å². The second-order valence-electron chi connectivity index (χ2n) is 3.95. The number of hydrogen-bond donors (Lipinski definition) is 1. The first kappa shape index (κ1) is 9.04. The molecule has 0 amide bonds. The van der Waals surface area contributed by atoms with E-state index in [0.29, 0.717) is 11.3 Å². The van der Waals surface area contributed by atoms with E-state index in [2.05, 4.69) is 0 Å². The molecule has 1 aromatic rings. The molecule has 0 radical (unpaired) electrons. The SMILES string of the molecule is CC(C)(C)c1c(N)cccc1F. The Morgan fingerprint density at radius 2 is 1.83 bits per heavy atom. The zero-order chi connectivity index (χ0) is 9.35. The molecule has 0 aliphatic carbocycles. The minimum absolute atomic E-state index is 0.220. The molecule has 0 aliphatic heterocycles. The minimum atomic E-state index is -0.227. The van der Waals surface area contributed by atoms with E-state index in [-0.39, 0.29) is 11.2 Å². The fourth-order valence-electron chi connectivity index (χ4n) is 1.33. The van der Waals surface area contributed by atoms with Crippen molar-refractivity contribution in [2.24, 2.45) is 0 Å². The van der Waals surface area contributed by atoms with Gasteiger partial charge in [0, 0.05) is 11.3 Å². The van der Waals surface area contributed by atoms with Gasteiger partial charge < -0.3 is 5.73 Å². The Labute approximate surface area is 72.4 Å². The molecule has 1 aromatic carbocycles. The summed E-state index contributed by atoms with van der Waals surface area (Å²) in [6, 6.07) is 4.79. The molecule has 0 spiro atoms. The van der Waals surface area contributed by atoms with E-state index in [1.807, 2.05) is 20.8 Å². The van der Waals surface area contributed by atoms with E-state index >= 15 is 0 Å². The second kappa shape index (κ2) is 2.77. The molecular weight excluding hydrogens is 153 g/mol. The molecule has 12 heavy (non-hydrogen) atoms. The number of nitrogen functional groups attached to an aromatic ring is 1. The lowest BCUT2D eigenvalue weighted by molar-refractivity contribution is 0.525. The molecule has 0 heterocycles. The molecule has 0 aromatic heterocycles. The third-order valence-electron chi connectivity index (χ3n) is 1.80. The highest BCUT2D eigenvalue weighted by Crippen LogP contribution is 2.29. The predicted octanol–water partition coefficient (Wildman–Crippen LogP) is 2.71. The fourth-order valence-corrected chi connectivity index (χ4v) is 1.33. The molecule has 1 nitrogen and oxygen atoms in total. The minimum Gasteiger partial charge on any atom is -0.398 e. The van der Waals surface area contributed by atoms with Gasteiger partial charge in [-0.2, -0.15) is 0 Å². The molecule has 2 N–H and O–H groups in total. The summed E-state index contributed by atoms with van der Waals surface area (Å²) in [4.78, 5) is 0. The van der Waals surface area contributed by atoms with Gasteiger partial charge in [-0.05, 0) is 17.5 Å². The lowest BCUT2D eigenvalue weighted by atomic mass is 9.85. The van der Waals surface area contributed by atoms with Crippen LogP contribution in [0.3, 0.4) is 0 Å². The number of halogens is 1. The van der Waals surface area contributed by atoms with Crippen LogP contribution in [0.15, 0.2) is 18.2 Å². The molecule has 0 saturated carbocycles. The van der Waals surface area contributed by atoms with Crippen molar-refractivity contribution in [2.45, 2.75) is 26.2 Å². The third-order valence-corrected chi connectivity index (χ3v) is 1.80. The average molecular weight is 167 g/mol. The first-order valence-electron chi connectivity index (χ1n) is 3.97. The topological polar surface area (TPSA) is 26.0 Å². The van der Waals surface area contributed by atoms with Crippen LogP contribution in [0.1, 0.15) is 26.3 Å². The molecule has 0 saturated heterocycles. The first-order valence-corrected chi connectivity index (χ1v) is 3.97. The van der Waals surface area contributed by atoms with Crippen molar-refractivity contribution in [3.8, 4) is 0 Å². The largest absolute Gasteiger partial charge is 0.398 e. The summed E-state index contributed by atoms with van der Waals surface area (Å²) in [6.07, 6.45) is 0. The second-order valence-corrected chi connectivity index (χ2v) is 3.95. The summed E-state index contributed by atoms with van der Waals surface area (Å²) in [5, 5.41) is 0. The Balaban J connectivity index is 3.31. The van der Waals surface area contributed by atoms with Crippen molar-refractivity contribution < 1.29 is 4.39 Å². The van der Waals surface area contributed by atoms with E-state index in [9.17, 15) is 4.39 Å². The summed E-state index contributed by atoms with van der Waals surface area (Å²) in [5.41, 5.74) is 6.57. The van der Waals surface area contributed by atoms with Crippen LogP contribution >= 0.6 is 0 Å². The van der Waals surface area contributed by atoms with Crippen LogP contribution in [-0.2, 0) is 5.41 Å². The smallest absolute Gasteiger partial charge is 0.128 e. The number of rotatable bonds is 0. The van der Waals surface area contributed by atoms with E-state index in [4.69, 9.17) is 5.73 Å². The zero-order valence-electron chi connectivity index (χ0n) is 7.69. The Morgan fingerprint density at radius 1 is 1.25 bits per heavy atom. The van der Waals surface area contributed by atoms with Gasteiger partial charge in [0.05, 0.1) is 0 Å². The highest BCUT2D eigenvalue weighted by molar-refractivity contribution is 5.50. The van der Waals surface area contributed by atoms with Crippen LogP contribution in [0, 0.1) is 5.82 Å². The van der Waals surface area contributed by atoms with E-state index in [0.717, 1.165) is 0 Å². The highest BCUT2D eigenvalue weighted by atomic mass is 19.1. The predicted molar refractivity (Wildman–Crippen MR) is 49.5 cm³/mol. The van der Waals surface area contributed by atoms with Gasteiger partial charge in [0.2, 0.25) is 0 Å². The number of anilines is 1. The van der Waals surface area contributed by atoms with Gasteiger partial charge in [0.25, 0.3) is 0 Å². The molecule has 2 heteroatoms. The van der Waals surface area contributed by atoms with Gasteiger partial charge in [-0.3, -0.25) is 0 Å². The van der Waals surface area contributed by atoms with Gasteiger partial charge >= 0.3 is 0 Å². The van der Waals surface area contributed by atoms with Gasteiger partial charge in [-0.1, -0.05) is 26.8 Å². The average Bonchev–Trinajstić information content (AvgIpc) is 1.82. The normalized spacial score (nSPS) is 11.7. The summed E-state index contributed by atoms with van der Waals surface area (Å²) in [5.74, 6) is -0.220. The first-order chi connectivity index (χ1) is 5.43. The van der Waals surface area contributed by atoms with Crippen LogP contribution in [0.5, 0.6) is 0 Å². The molecule has 1 rings (SSSR count). The van der Waals surface area contributed by atoms with Crippen LogP contribution in [0.4, 0.5) is 10.1 Å². The van der Waals surface area contributed by atoms with Crippen molar-refractivity contribution in [3.05, 3.63) is 29.6 Å². The van der Waals surface area contributed by atoms with Crippen molar-refractivity contribution in [3.63, 3.8) is 0 Å². The summed E-state index contributed by atoms with van der Waals surface area (Å²) in [6.45, 7) is 5.84. The van der Waals surface area contributed by atoms with E-state index in [1.54, 1.807) is 12.1 Å². The summed E-state index contributed by atoms with van der Waals surface area (Å²) in [7, 11) is 0. The number of benzene rings is 1. The Bertz CT molecular complexity index is 266. The van der Waals surface area contributed by atoms with Crippen LogP contribution in [-0.4, -0.2) is 0 Å². The van der Waals surface area contributed by atoms with Crippen molar-refractivity contribution in [1.82, 2.24) is 0 Å². The van der Waals surface area contributed by atoms with Gasteiger partial charge in [0.1, 0.15) is 5.82 Å². The molecule has 66 valence electrons. The standard InChI is InChI=1S/C10H14FN/c1-10(2,3)9-7(11)5-4-6-8(9)12/h4-6H,12H2,1-3H3. The maximum atomic E-state index is 13.3. The summed E-state index contributed by atoms with van der Waals surface area (Å²) >= 11 is 0. The fraction of sp³-hybridized carbons (Fsp3) is 0.400. The lowest BCUT2D eigenvalue weighted by Gasteiger charge is -2.21. The maximum Gasteiger partial charge on any atom is 0.128 e. The molecule has 0 fully saturated rings. The molecular formula is C10H14FN. The van der Waals surface area contributed by atoms with Crippen molar-refractivity contribution >= 4 is 5.69 Å². The Kier molecular flexibility index (Phi) is 2.09.